The van der Waals surface area contributed by atoms with Crippen LogP contribution in [-0.2, 0) is 13.0 Å². The summed E-state index contributed by atoms with van der Waals surface area (Å²) in [5.41, 5.74) is 4.73. The fraction of sp³-hybridized carbons (Fsp3) is 0.143. The molecule has 0 spiro atoms. The van der Waals surface area contributed by atoms with Crippen LogP contribution in [0.5, 0.6) is 5.75 Å². The maximum absolute atomic E-state index is 12.7. The van der Waals surface area contributed by atoms with Crippen LogP contribution < -0.4 is 10.1 Å². The van der Waals surface area contributed by atoms with Gasteiger partial charge in [-0.2, -0.15) is 0 Å². The molecule has 1 amide bonds. The smallest absolute Gasteiger partial charge is 0.251 e. The molecular formula is C28H26N2O3. The van der Waals surface area contributed by atoms with E-state index >= 15 is 0 Å². The third-order valence-electron chi connectivity index (χ3n) is 5.37. The first kappa shape index (κ1) is 22.2. The summed E-state index contributed by atoms with van der Waals surface area (Å²) < 4.78 is 5.82. The first-order valence-electron chi connectivity index (χ1n) is 10.9. The van der Waals surface area contributed by atoms with Crippen LogP contribution in [0.4, 0.5) is 0 Å². The molecule has 1 heterocycles. The molecule has 0 radical (unpaired) electrons. The molecule has 166 valence electrons. The van der Waals surface area contributed by atoms with Crippen LogP contribution in [-0.4, -0.2) is 28.6 Å². The molecule has 0 aliphatic carbocycles. The Hall–Kier alpha value is -3.96. The highest BCUT2D eigenvalue weighted by Crippen LogP contribution is 2.19. The highest BCUT2D eigenvalue weighted by Gasteiger charge is 2.14. The van der Waals surface area contributed by atoms with Crippen LogP contribution in [0.1, 0.15) is 21.5 Å². The number of rotatable bonds is 9. The first-order valence-corrected chi connectivity index (χ1v) is 10.9. The van der Waals surface area contributed by atoms with Crippen LogP contribution in [0.25, 0.3) is 11.1 Å². The minimum atomic E-state index is -0.381. The van der Waals surface area contributed by atoms with Crippen molar-refractivity contribution in [1.82, 2.24) is 10.3 Å². The number of aromatic nitrogens is 1. The zero-order valence-electron chi connectivity index (χ0n) is 18.2. The number of nitrogens with one attached hydrogen (secondary N) is 1. The minimum Gasteiger partial charge on any atom is -0.489 e. The second-order valence-corrected chi connectivity index (χ2v) is 7.79. The molecule has 33 heavy (non-hydrogen) atoms. The first-order chi connectivity index (χ1) is 16.2. The summed E-state index contributed by atoms with van der Waals surface area (Å²) in [5, 5.41) is 12.7. The number of benzene rings is 3. The van der Waals surface area contributed by atoms with Gasteiger partial charge >= 0.3 is 0 Å². The molecule has 0 saturated carbocycles. The van der Waals surface area contributed by atoms with Crippen LogP contribution >= 0.6 is 0 Å². The lowest BCUT2D eigenvalue weighted by molar-refractivity contribution is 0.0916. The van der Waals surface area contributed by atoms with Crippen molar-refractivity contribution >= 4 is 5.91 Å². The van der Waals surface area contributed by atoms with E-state index in [-0.39, 0.29) is 18.6 Å². The third-order valence-corrected chi connectivity index (χ3v) is 5.37. The molecular weight excluding hydrogens is 412 g/mol. The number of aliphatic hydroxyl groups is 1. The molecule has 3 aromatic carbocycles. The van der Waals surface area contributed by atoms with Gasteiger partial charge in [0, 0.05) is 18.0 Å². The van der Waals surface area contributed by atoms with Crippen LogP contribution in [0.3, 0.4) is 0 Å². The third kappa shape index (κ3) is 6.28. The fourth-order valence-corrected chi connectivity index (χ4v) is 3.54. The number of carbonyl (C=O) groups is 1. The van der Waals surface area contributed by atoms with E-state index in [1.165, 1.54) is 0 Å². The molecule has 0 aliphatic rings. The van der Waals surface area contributed by atoms with Crippen molar-refractivity contribution in [2.24, 2.45) is 0 Å². The largest absolute Gasteiger partial charge is 0.489 e. The number of hydrogen-bond acceptors (Lipinski definition) is 4. The summed E-state index contributed by atoms with van der Waals surface area (Å²) in [6, 6.07) is 28.6. The Morgan fingerprint density at radius 3 is 2.15 bits per heavy atom. The average molecular weight is 439 g/mol. The quantitative estimate of drug-likeness (QED) is 0.399. The van der Waals surface area contributed by atoms with Gasteiger partial charge in [0.05, 0.1) is 12.6 Å². The summed E-state index contributed by atoms with van der Waals surface area (Å²) in [5.74, 6) is 0.569. The average Bonchev–Trinajstić information content (AvgIpc) is 2.89. The van der Waals surface area contributed by atoms with Crippen LogP contribution in [0, 0.1) is 0 Å². The van der Waals surface area contributed by atoms with Crippen LogP contribution in [0.15, 0.2) is 103 Å². The zero-order valence-corrected chi connectivity index (χ0v) is 18.2. The number of hydrogen-bond donors (Lipinski definition) is 2. The Labute approximate surface area is 193 Å². The van der Waals surface area contributed by atoms with Gasteiger partial charge in [0.1, 0.15) is 12.4 Å². The molecule has 2 N–H and O–H groups in total. The number of ether oxygens (including phenoxy) is 1. The van der Waals surface area contributed by atoms with E-state index in [0.29, 0.717) is 18.6 Å². The molecule has 1 aromatic heterocycles. The lowest BCUT2D eigenvalue weighted by Gasteiger charge is -2.17. The van der Waals surface area contributed by atoms with Crippen molar-refractivity contribution in [1.29, 1.82) is 0 Å². The molecule has 5 nitrogen and oxygen atoms in total. The van der Waals surface area contributed by atoms with Crippen molar-refractivity contribution in [3.05, 3.63) is 120 Å². The highest BCUT2D eigenvalue weighted by atomic mass is 16.5. The molecule has 0 unspecified atom stereocenters. The molecule has 0 bridgehead atoms. The van der Waals surface area contributed by atoms with Gasteiger partial charge < -0.3 is 15.2 Å². The molecule has 0 saturated heterocycles. The second kappa shape index (κ2) is 11.1. The number of aliphatic hydroxyl groups excluding tert-OH is 1. The van der Waals surface area contributed by atoms with Gasteiger partial charge in [0.25, 0.3) is 5.91 Å². The van der Waals surface area contributed by atoms with E-state index in [4.69, 9.17) is 4.74 Å². The zero-order chi connectivity index (χ0) is 22.9. The second-order valence-electron chi connectivity index (χ2n) is 7.79. The number of pyridine rings is 1. The van der Waals surface area contributed by atoms with Crippen LogP contribution in [0.2, 0.25) is 0 Å². The summed E-state index contributed by atoms with van der Waals surface area (Å²) >= 11 is 0. The van der Waals surface area contributed by atoms with Gasteiger partial charge in [-0.15, -0.1) is 0 Å². The maximum Gasteiger partial charge on any atom is 0.251 e. The normalized spacial score (nSPS) is 11.5. The predicted molar refractivity (Wildman–Crippen MR) is 129 cm³/mol. The van der Waals surface area contributed by atoms with Gasteiger partial charge in [-0.25, -0.2) is 0 Å². The molecule has 0 fully saturated rings. The summed E-state index contributed by atoms with van der Waals surface area (Å²) in [4.78, 5) is 16.7. The molecule has 4 rings (SSSR count). The Balaban J connectivity index is 1.31. The Morgan fingerprint density at radius 2 is 1.48 bits per heavy atom. The fourth-order valence-electron chi connectivity index (χ4n) is 3.54. The van der Waals surface area contributed by atoms with E-state index < -0.39 is 0 Å². The van der Waals surface area contributed by atoms with Gasteiger partial charge in [-0.05, 0) is 65.1 Å². The Bertz CT molecular complexity index is 1150. The molecule has 5 heteroatoms. The monoisotopic (exact) mass is 438 g/mol. The van der Waals surface area contributed by atoms with Gasteiger partial charge in [0.2, 0.25) is 0 Å². The number of carbonyl (C=O) groups excluding carboxylic acids is 1. The summed E-state index contributed by atoms with van der Waals surface area (Å²) in [7, 11) is 0. The molecule has 4 aromatic rings. The van der Waals surface area contributed by atoms with E-state index in [1.807, 2.05) is 78.9 Å². The van der Waals surface area contributed by atoms with E-state index in [2.05, 4.69) is 10.3 Å². The van der Waals surface area contributed by atoms with E-state index in [1.54, 1.807) is 24.5 Å². The van der Waals surface area contributed by atoms with Gasteiger partial charge in [0.15, 0.2) is 0 Å². The summed E-state index contributed by atoms with van der Waals surface area (Å²) in [6.07, 6.45) is 4.00. The lowest BCUT2D eigenvalue weighted by Crippen LogP contribution is -2.39. The Kier molecular flexibility index (Phi) is 7.46. The predicted octanol–water partition coefficient (Wildman–Crippen LogP) is 4.66. The number of nitrogens with zero attached hydrogens (tertiary/aromatic N) is 1. The topological polar surface area (TPSA) is 71.5 Å². The van der Waals surface area contributed by atoms with Gasteiger partial charge in [-0.1, -0.05) is 54.6 Å². The highest BCUT2D eigenvalue weighted by molar-refractivity contribution is 5.94. The van der Waals surface area contributed by atoms with Crippen molar-refractivity contribution < 1.29 is 14.6 Å². The maximum atomic E-state index is 12.7. The van der Waals surface area contributed by atoms with E-state index in [9.17, 15) is 9.90 Å². The van der Waals surface area contributed by atoms with Crippen molar-refractivity contribution in [2.45, 2.75) is 19.1 Å². The standard InChI is InChI=1S/C28H26N2O3/c31-19-26(18-21-6-12-27(13-7-21)33-20-22-4-2-1-3-5-22)30-28(32)25-10-8-23(9-11-25)24-14-16-29-17-15-24/h1-17,26,31H,18-20H2,(H,30,32)/t26-/m0/s1. The lowest BCUT2D eigenvalue weighted by atomic mass is 10.0. The molecule has 1 atom stereocenters. The SMILES string of the molecule is O=C(N[C@H](CO)Cc1ccc(OCc2ccccc2)cc1)c1ccc(-c2ccncc2)cc1. The minimum absolute atomic E-state index is 0.146. The van der Waals surface area contributed by atoms with Crippen molar-refractivity contribution in [3.63, 3.8) is 0 Å². The van der Waals surface area contributed by atoms with E-state index in [0.717, 1.165) is 28.0 Å². The summed E-state index contributed by atoms with van der Waals surface area (Å²) in [6.45, 7) is 0.364. The number of amides is 1. The Morgan fingerprint density at radius 1 is 0.818 bits per heavy atom. The molecule has 0 aliphatic heterocycles. The van der Waals surface area contributed by atoms with Gasteiger partial charge in [-0.3, -0.25) is 9.78 Å². The van der Waals surface area contributed by atoms with Crippen molar-refractivity contribution in [3.8, 4) is 16.9 Å². The van der Waals surface area contributed by atoms with Crippen molar-refractivity contribution in [2.75, 3.05) is 6.61 Å².